The first-order valence-corrected chi connectivity index (χ1v) is 14.2. The number of carbonyl (C=O) groups is 3. The van der Waals surface area contributed by atoms with Gasteiger partial charge in [-0.05, 0) is 65.3 Å². The summed E-state index contributed by atoms with van der Waals surface area (Å²) < 4.78 is 0. The summed E-state index contributed by atoms with van der Waals surface area (Å²) in [7, 11) is 0. The van der Waals surface area contributed by atoms with Crippen LogP contribution in [0.1, 0.15) is 74.2 Å². The molecule has 0 saturated carbocycles. The minimum Gasteiger partial charge on any atom is -0.504 e. The van der Waals surface area contributed by atoms with E-state index in [1.807, 2.05) is 30.3 Å². The predicted octanol–water partition coefficient (Wildman–Crippen LogP) is 6.75. The quantitative estimate of drug-likeness (QED) is 0.224. The Labute approximate surface area is 249 Å². The molecule has 218 valence electrons. The van der Waals surface area contributed by atoms with Gasteiger partial charge in [0.05, 0.1) is 5.69 Å². The maximum atomic E-state index is 14.1. The molecule has 2 N–H and O–H groups in total. The van der Waals surface area contributed by atoms with E-state index in [2.05, 4.69) is 50.1 Å². The van der Waals surface area contributed by atoms with Gasteiger partial charge in [-0.25, -0.2) is 4.90 Å². The van der Waals surface area contributed by atoms with Crippen LogP contribution < -0.4 is 10.2 Å². The van der Waals surface area contributed by atoms with Gasteiger partial charge in [0, 0.05) is 34.5 Å². The van der Waals surface area contributed by atoms with Gasteiger partial charge in [0.1, 0.15) is 16.7 Å². The molecule has 9 heteroatoms. The normalized spacial score (nSPS) is 13.7. The second-order valence-corrected chi connectivity index (χ2v) is 13.0. The Kier molecular flexibility index (Phi) is 6.38. The average Bonchev–Trinajstić information content (AvgIpc) is 3.35. The van der Waals surface area contributed by atoms with Crippen LogP contribution in [0.3, 0.4) is 0 Å². The number of benzene rings is 4. The molecule has 43 heavy (non-hydrogen) atoms. The fourth-order valence-electron chi connectivity index (χ4n) is 6.33. The fraction of sp³-hybridized carbons (Fsp3) is 0.265. The number of nitrogens with one attached hydrogen (secondary N) is 1. The topological polar surface area (TPSA) is 117 Å². The van der Waals surface area contributed by atoms with Gasteiger partial charge in [0.2, 0.25) is 5.91 Å². The predicted molar refractivity (Wildman–Crippen MR) is 167 cm³/mol. The molecule has 0 spiro atoms. The lowest BCUT2D eigenvalue weighted by Gasteiger charge is -2.35. The maximum Gasteiger partial charge on any atom is 0.266 e. The van der Waals surface area contributed by atoms with E-state index in [9.17, 15) is 19.5 Å². The fourth-order valence-corrected chi connectivity index (χ4v) is 6.33. The number of nitrogens with zero attached hydrogens (tertiary/aromatic N) is 4. The molecule has 0 unspecified atom stereocenters. The van der Waals surface area contributed by atoms with Crippen LogP contribution in [-0.4, -0.2) is 37.8 Å². The summed E-state index contributed by atoms with van der Waals surface area (Å²) in [5, 5.41) is 24.8. The van der Waals surface area contributed by atoms with Crippen LogP contribution in [-0.2, 0) is 10.2 Å². The molecule has 0 saturated heterocycles. The van der Waals surface area contributed by atoms with Gasteiger partial charge in [-0.1, -0.05) is 58.9 Å². The third-order valence-corrected chi connectivity index (χ3v) is 7.78. The van der Waals surface area contributed by atoms with Crippen molar-refractivity contribution in [3.63, 3.8) is 0 Å². The number of hydrogen-bond donors (Lipinski definition) is 2. The van der Waals surface area contributed by atoms with E-state index in [1.54, 1.807) is 36.4 Å². The first-order valence-electron chi connectivity index (χ1n) is 14.2. The molecule has 6 rings (SSSR count). The second kappa shape index (κ2) is 9.76. The van der Waals surface area contributed by atoms with Crippen molar-refractivity contribution in [2.24, 2.45) is 5.41 Å². The van der Waals surface area contributed by atoms with E-state index < -0.39 is 17.2 Å². The van der Waals surface area contributed by atoms with Crippen molar-refractivity contribution >= 4 is 50.9 Å². The van der Waals surface area contributed by atoms with Crippen molar-refractivity contribution in [1.29, 1.82) is 0 Å². The number of phenolic OH excluding ortho intramolecular Hbond substituents is 1. The monoisotopic (exact) mass is 575 g/mol. The van der Waals surface area contributed by atoms with E-state index >= 15 is 0 Å². The minimum atomic E-state index is -0.575. The number of amides is 3. The number of phenols is 1. The van der Waals surface area contributed by atoms with Gasteiger partial charge < -0.3 is 10.4 Å². The van der Waals surface area contributed by atoms with E-state index in [4.69, 9.17) is 0 Å². The van der Waals surface area contributed by atoms with Crippen LogP contribution in [0.5, 0.6) is 5.75 Å². The molecule has 5 aromatic rings. The molecular weight excluding hydrogens is 542 g/mol. The van der Waals surface area contributed by atoms with Crippen molar-refractivity contribution in [2.75, 3.05) is 10.2 Å². The lowest BCUT2D eigenvalue weighted by atomic mass is 9.72. The maximum absolute atomic E-state index is 14.1. The number of rotatable bonds is 5. The number of carbonyl (C=O) groups excluding carboxylic acids is 3. The second-order valence-electron chi connectivity index (χ2n) is 13.0. The molecular formula is C34H33N5O4. The van der Waals surface area contributed by atoms with Crippen LogP contribution in [0.15, 0.2) is 66.7 Å². The van der Waals surface area contributed by atoms with Crippen LogP contribution in [0.25, 0.3) is 27.5 Å². The number of anilines is 2. The van der Waals surface area contributed by atoms with Gasteiger partial charge in [0.25, 0.3) is 11.8 Å². The van der Waals surface area contributed by atoms with E-state index in [0.29, 0.717) is 38.6 Å². The Morgan fingerprint density at radius 1 is 0.837 bits per heavy atom. The molecule has 0 fully saturated rings. The summed E-state index contributed by atoms with van der Waals surface area (Å²) in [6.07, 6.45) is 0.786. The Morgan fingerprint density at radius 2 is 1.44 bits per heavy atom. The molecule has 2 heterocycles. The van der Waals surface area contributed by atoms with Crippen molar-refractivity contribution < 1.29 is 19.5 Å². The van der Waals surface area contributed by atoms with Gasteiger partial charge >= 0.3 is 0 Å². The largest absolute Gasteiger partial charge is 0.504 e. The van der Waals surface area contributed by atoms with Crippen molar-refractivity contribution in [3.05, 3.63) is 83.4 Å². The van der Waals surface area contributed by atoms with E-state index in [1.165, 1.54) is 11.7 Å². The summed E-state index contributed by atoms with van der Waals surface area (Å²) in [5.74, 6) is -1.70. The van der Waals surface area contributed by atoms with E-state index in [0.717, 1.165) is 16.9 Å². The molecule has 1 aliphatic rings. The summed E-state index contributed by atoms with van der Waals surface area (Å²) in [6, 6.07) is 19.3. The van der Waals surface area contributed by atoms with Crippen LogP contribution >= 0.6 is 0 Å². The first kappa shape index (κ1) is 28.1. The summed E-state index contributed by atoms with van der Waals surface area (Å²) in [6.45, 7) is 12.1. The molecule has 0 bridgehead atoms. The van der Waals surface area contributed by atoms with Gasteiger partial charge in [-0.3, -0.25) is 14.4 Å². The molecule has 9 nitrogen and oxygen atoms in total. The molecule has 1 aromatic heterocycles. The van der Waals surface area contributed by atoms with Gasteiger partial charge in [0.15, 0.2) is 5.75 Å². The zero-order chi connectivity index (χ0) is 30.8. The van der Waals surface area contributed by atoms with Crippen LogP contribution in [0.4, 0.5) is 11.4 Å². The number of hydrogen-bond acceptors (Lipinski definition) is 6. The minimum absolute atomic E-state index is 0.0305. The highest BCUT2D eigenvalue weighted by Gasteiger charge is 2.38. The van der Waals surface area contributed by atoms with E-state index in [-0.39, 0.29) is 28.4 Å². The lowest BCUT2D eigenvalue weighted by molar-refractivity contribution is -0.114. The highest BCUT2D eigenvalue weighted by atomic mass is 16.3. The third kappa shape index (κ3) is 4.80. The molecule has 0 radical (unpaired) electrons. The Hall–Kier alpha value is -5.05. The van der Waals surface area contributed by atoms with Crippen molar-refractivity contribution in [1.82, 2.24) is 15.0 Å². The Morgan fingerprint density at radius 3 is 2.05 bits per heavy atom. The smallest absolute Gasteiger partial charge is 0.266 e. The standard InChI is InChI=1S/C34H33N5O4/c1-19(40)35-24-15-14-23-29-21(24)10-9-11-22(29)31(42)38(32(23)43)27-16-20(34(5,6)18-33(2,3)4)17-28(30(27)41)39-36-25-12-7-8-13-26(25)37-39/h7-17,41H,18H2,1-6H3,(H,35,40). The molecule has 0 atom stereocenters. The molecule has 4 aromatic carbocycles. The van der Waals surface area contributed by atoms with Gasteiger partial charge in [-0.15, -0.1) is 15.0 Å². The van der Waals surface area contributed by atoms with Crippen LogP contribution in [0.2, 0.25) is 0 Å². The Balaban J connectivity index is 1.58. The molecule has 3 amide bonds. The Bertz CT molecular complexity index is 1930. The number of aromatic hydroxyl groups is 1. The zero-order valence-corrected chi connectivity index (χ0v) is 25.0. The van der Waals surface area contributed by atoms with Gasteiger partial charge in [-0.2, -0.15) is 0 Å². The lowest BCUT2D eigenvalue weighted by Crippen LogP contribution is -2.41. The first-order chi connectivity index (χ1) is 20.2. The highest BCUT2D eigenvalue weighted by Crippen LogP contribution is 2.45. The molecule has 1 aliphatic heterocycles. The summed E-state index contributed by atoms with van der Waals surface area (Å²) in [5.41, 5.74) is 3.08. The summed E-state index contributed by atoms with van der Waals surface area (Å²) >= 11 is 0. The zero-order valence-electron chi connectivity index (χ0n) is 25.0. The van der Waals surface area contributed by atoms with Crippen molar-refractivity contribution in [3.8, 4) is 11.4 Å². The highest BCUT2D eigenvalue weighted by molar-refractivity contribution is 6.37. The number of aromatic nitrogens is 3. The van der Waals surface area contributed by atoms with Crippen molar-refractivity contribution in [2.45, 2.75) is 53.4 Å². The third-order valence-electron chi connectivity index (χ3n) is 7.78. The van der Waals surface area contributed by atoms with Crippen LogP contribution in [0, 0.1) is 5.41 Å². The SMILES string of the molecule is CC(=O)Nc1ccc2c3c(cccc13)C(=O)N(c1cc(C(C)(C)CC(C)(C)C)cc(-n3nc4ccccc4n3)c1O)C2=O. The number of fused-ring (bicyclic) bond motifs is 1. The molecule has 0 aliphatic carbocycles. The average molecular weight is 576 g/mol. The number of imide groups is 1. The summed E-state index contributed by atoms with van der Waals surface area (Å²) in [4.78, 5) is 42.5.